The van der Waals surface area contributed by atoms with Crippen LogP contribution in [0.2, 0.25) is 5.02 Å². The number of nitro groups is 1. The first-order valence-corrected chi connectivity index (χ1v) is 7.77. The van der Waals surface area contributed by atoms with E-state index in [1.165, 1.54) is 12.1 Å². The van der Waals surface area contributed by atoms with E-state index in [4.69, 9.17) is 16.3 Å². The van der Waals surface area contributed by atoms with Crippen molar-refractivity contribution in [3.63, 3.8) is 0 Å². The molecule has 4 nitrogen and oxygen atoms in total. The van der Waals surface area contributed by atoms with E-state index in [-0.39, 0.29) is 16.5 Å². The number of alkyl halides is 1. The summed E-state index contributed by atoms with van der Waals surface area (Å²) in [6.07, 6.45) is 0. The van der Waals surface area contributed by atoms with Gasteiger partial charge in [0.05, 0.1) is 9.95 Å². The Morgan fingerprint density at radius 1 is 1.30 bits per heavy atom. The van der Waals surface area contributed by atoms with Gasteiger partial charge in [-0.3, -0.25) is 10.1 Å². The number of ether oxygens (including phenoxy) is 1. The normalized spacial score (nSPS) is 10.3. The van der Waals surface area contributed by atoms with Crippen LogP contribution in [0.15, 0.2) is 40.9 Å². The van der Waals surface area contributed by atoms with Gasteiger partial charge in [-0.25, -0.2) is 0 Å². The van der Waals surface area contributed by atoms with Crippen LogP contribution in [0.25, 0.3) is 0 Å². The second-order valence-electron chi connectivity index (χ2n) is 3.83. The number of halogens is 3. The van der Waals surface area contributed by atoms with E-state index < -0.39 is 4.92 Å². The molecule has 2 rings (SSSR count). The van der Waals surface area contributed by atoms with Gasteiger partial charge >= 0.3 is 5.69 Å². The molecule has 0 aliphatic carbocycles. The Morgan fingerprint density at radius 3 is 2.70 bits per heavy atom. The monoisotopic (exact) mass is 419 g/mol. The molecule has 0 N–H and O–H groups in total. The number of nitrogens with zero attached hydrogens (tertiary/aromatic N) is 1. The number of hydrogen-bond donors (Lipinski definition) is 0. The maximum atomic E-state index is 11.0. The fourth-order valence-corrected chi connectivity index (χ4v) is 2.66. The molecule has 20 heavy (non-hydrogen) atoms. The number of hydrogen-bond acceptors (Lipinski definition) is 3. The third-order valence-corrected chi connectivity index (χ3v) is 3.92. The Labute approximate surface area is 137 Å². The number of benzene rings is 2. The minimum atomic E-state index is -0.520. The molecule has 0 bridgehead atoms. The molecule has 0 spiro atoms. The summed E-state index contributed by atoms with van der Waals surface area (Å²) < 4.78 is 6.55. The van der Waals surface area contributed by atoms with E-state index in [0.29, 0.717) is 11.1 Å². The molecular formula is C13H8Br2ClNO3. The Kier molecular flexibility index (Phi) is 5.01. The predicted molar refractivity (Wildman–Crippen MR) is 85.0 cm³/mol. The van der Waals surface area contributed by atoms with Crippen molar-refractivity contribution in [3.8, 4) is 11.5 Å². The Hall–Kier alpha value is -1.11. The zero-order chi connectivity index (χ0) is 14.7. The van der Waals surface area contributed by atoms with Crippen LogP contribution < -0.4 is 4.74 Å². The molecule has 0 aliphatic heterocycles. The molecule has 104 valence electrons. The number of para-hydroxylation sites is 1. The summed E-state index contributed by atoms with van der Waals surface area (Å²) in [5.41, 5.74) is 0.689. The van der Waals surface area contributed by atoms with Crippen LogP contribution in [0.4, 0.5) is 5.69 Å². The van der Waals surface area contributed by atoms with Crippen LogP contribution in [0.5, 0.6) is 11.5 Å². The fourth-order valence-electron chi connectivity index (χ4n) is 1.60. The maximum absolute atomic E-state index is 11.0. The van der Waals surface area contributed by atoms with E-state index in [1.807, 2.05) is 6.07 Å². The summed E-state index contributed by atoms with van der Waals surface area (Å²) in [6, 6.07) is 9.81. The third kappa shape index (κ3) is 3.31. The molecule has 0 heterocycles. The van der Waals surface area contributed by atoms with Gasteiger partial charge in [-0.15, -0.1) is 0 Å². The highest BCUT2D eigenvalue weighted by Crippen LogP contribution is 2.39. The quantitative estimate of drug-likeness (QED) is 0.362. The van der Waals surface area contributed by atoms with Crippen LogP contribution in [-0.2, 0) is 5.33 Å². The van der Waals surface area contributed by atoms with Gasteiger partial charge in [-0.2, -0.15) is 0 Å². The van der Waals surface area contributed by atoms with Crippen molar-refractivity contribution in [1.29, 1.82) is 0 Å². The SMILES string of the molecule is O=[N+]([O-])c1cccc(Cl)c1Oc1ccc(Br)cc1CBr. The molecule has 0 radical (unpaired) electrons. The van der Waals surface area contributed by atoms with Gasteiger partial charge in [-0.05, 0) is 24.3 Å². The van der Waals surface area contributed by atoms with E-state index in [0.717, 1.165) is 10.0 Å². The fraction of sp³-hybridized carbons (Fsp3) is 0.0769. The molecule has 0 fully saturated rings. The third-order valence-electron chi connectivity index (χ3n) is 2.52. The van der Waals surface area contributed by atoms with Crippen molar-refractivity contribution in [2.45, 2.75) is 5.33 Å². The lowest BCUT2D eigenvalue weighted by Gasteiger charge is -2.11. The molecule has 0 saturated heterocycles. The van der Waals surface area contributed by atoms with Crippen LogP contribution in [-0.4, -0.2) is 4.92 Å². The van der Waals surface area contributed by atoms with Crippen molar-refractivity contribution in [1.82, 2.24) is 0 Å². The van der Waals surface area contributed by atoms with E-state index in [9.17, 15) is 10.1 Å². The van der Waals surface area contributed by atoms with Gasteiger partial charge in [0.15, 0.2) is 0 Å². The highest BCUT2D eigenvalue weighted by Gasteiger charge is 2.20. The van der Waals surface area contributed by atoms with Crippen molar-refractivity contribution < 1.29 is 9.66 Å². The van der Waals surface area contributed by atoms with Crippen molar-refractivity contribution in [2.75, 3.05) is 0 Å². The van der Waals surface area contributed by atoms with E-state index >= 15 is 0 Å². The lowest BCUT2D eigenvalue weighted by atomic mass is 10.2. The average Bonchev–Trinajstić information content (AvgIpc) is 2.42. The zero-order valence-corrected chi connectivity index (χ0v) is 13.9. The molecule has 0 aromatic heterocycles. The molecule has 0 atom stereocenters. The Bertz CT molecular complexity index is 664. The van der Waals surface area contributed by atoms with Gasteiger partial charge in [0.1, 0.15) is 5.75 Å². The van der Waals surface area contributed by atoms with E-state index in [1.54, 1.807) is 18.2 Å². The van der Waals surface area contributed by atoms with Gasteiger partial charge in [-0.1, -0.05) is 49.5 Å². The van der Waals surface area contributed by atoms with Gasteiger partial charge < -0.3 is 4.74 Å². The van der Waals surface area contributed by atoms with Crippen LogP contribution >= 0.6 is 43.5 Å². The summed E-state index contributed by atoms with van der Waals surface area (Å²) in [7, 11) is 0. The summed E-state index contributed by atoms with van der Waals surface area (Å²) >= 11 is 12.7. The van der Waals surface area contributed by atoms with Crippen LogP contribution in [0.1, 0.15) is 5.56 Å². The standard InChI is InChI=1S/C13H8Br2ClNO3/c14-7-8-6-9(15)4-5-12(8)20-13-10(16)2-1-3-11(13)17(18)19/h1-6H,7H2. The summed E-state index contributed by atoms with van der Waals surface area (Å²) in [6.45, 7) is 0. The summed E-state index contributed by atoms with van der Waals surface area (Å²) in [4.78, 5) is 10.5. The highest BCUT2D eigenvalue weighted by molar-refractivity contribution is 9.10. The lowest BCUT2D eigenvalue weighted by Crippen LogP contribution is -1.96. The minimum Gasteiger partial charge on any atom is -0.448 e. The van der Waals surface area contributed by atoms with Gasteiger partial charge in [0.2, 0.25) is 5.75 Å². The molecule has 2 aromatic rings. The second-order valence-corrected chi connectivity index (χ2v) is 5.72. The summed E-state index contributed by atoms with van der Waals surface area (Å²) in [5, 5.41) is 11.8. The van der Waals surface area contributed by atoms with Crippen molar-refractivity contribution in [3.05, 3.63) is 61.6 Å². The van der Waals surface area contributed by atoms with Gasteiger partial charge in [0, 0.05) is 21.4 Å². The molecule has 2 aromatic carbocycles. The molecule has 0 saturated carbocycles. The average molecular weight is 421 g/mol. The van der Waals surface area contributed by atoms with Gasteiger partial charge in [0.25, 0.3) is 0 Å². The first-order valence-electron chi connectivity index (χ1n) is 5.48. The maximum Gasteiger partial charge on any atom is 0.313 e. The lowest BCUT2D eigenvalue weighted by molar-refractivity contribution is -0.385. The largest absolute Gasteiger partial charge is 0.448 e. The first kappa shape index (κ1) is 15.3. The van der Waals surface area contributed by atoms with Crippen molar-refractivity contribution >= 4 is 49.1 Å². The van der Waals surface area contributed by atoms with Crippen molar-refractivity contribution in [2.24, 2.45) is 0 Å². The zero-order valence-electron chi connectivity index (χ0n) is 9.98. The number of rotatable bonds is 4. The second kappa shape index (κ2) is 6.56. The smallest absolute Gasteiger partial charge is 0.313 e. The molecule has 0 unspecified atom stereocenters. The highest BCUT2D eigenvalue weighted by atomic mass is 79.9. The Morgan fingerprint density at radius 2 is 2.05 bits per heavy atom. The molecular weight excluding hydrogens is 413 g/mol. The Balaban J connectivity index is 2.47. The first-order chi connectivity index (χ1) is 9.52. The van der Waals surface area contributed by atoms with E-state index in [2.05, 4.69) is 31.9 Å². The predicted octanol–water partition coefficient (Wildman–Crippen LogP) is 5.70. The summed E-state index contributed by atoms with van der Waals surface area (Å²) in [5.74, 6) is 0.560. The topological polar surface area (TPSA) is 52.4 Å². The minimum absolute atomic E-state index is 0.0451. The molecule has 0 amide bonds. The molecule has 0 aliphatic rings. The van der Waals surface area contributed by atoms with Crippen LogP contribution in [0, 0.1) is 10.1 Å². The molecule has 7 heteroatoms. The van der Waals surface area contributed by atoms with Crippen LogP contribution in [0.3, 0.4) is 0 Å². The number of nitro benzene ring substituents is 1.